The Morgan fingerprint density at radius 1 is 1.04 bits per heavy atom. The van der Waals surface area contributed by atoms with Gasteiger partial charge in [0.25, 0.3) is 6.02 Å². The van der Waals surface area contributed by atoms with Gasteiger partial charge in [-0.15, -0.1) is 0 Å². The van der Waals surface area contributed by atoms with Crippen molar-refractivity contribution in [3.8, 4) is 0 Å². The van der Waals surface area contributed by atoms with E-state index in [9.17, 15) is 19.8 Å². The maximum atomic E-state index is 13.7. The van der Waals surface area contributed by atoms with Gasteiger partial charge in [-0.25, -0.2) is 4.99 Å². The number of rotatable bonds is 6. The Hall–Kier alpha value is -2.33. The zero-order valence-electron chi connectivity index (χ0n) is 32.6. The van der Waals surface area contributed by atoms with E-state index in [4.69, 9.17) is 33.2 Å². The number of carbonyl (C=O) groups is 2. The van der Waals surface area contributed by atoms with E-state index in [2.05, 4.69) is 4.99 Å². The Morgan fingerprint density at radius 2 is 1.73 bits per heavy atom. The first-order valence-corrected chi connectivity index (χ1v) is 18.4. The van der Waals surface area contributed by atoms with Crippen LogP contribution < -0.4 is 0 Å². The predicted molar refractivity (Wildman–Crippen MR) is 189 cm³/mol. The number of aliphatic hydroxyl groups excluding tert-OH is 1. The standard InChI is InChI=1S/C37H63N3O11/c1-20(2)38-35-40(11)26-16-22(4)47-34(30(26)50-35)51-32-23(5)29(49-28-18-37(9,45-12)31(42)25(7)48-28)24(6)33(43)46-15-13-14-27(41)39(10)19-21(3)17-36(32,8)44/h13-14,20-26,28-32,34,42,44H,15-19H2,1-12H3/b14-13+,38-35-/t21-,22-,23+,24-,25+,26+,28+,29+,30-,31+,32-,34+,36-,37-/m1/s1. The highest BCUT2D eigenvalue weighted by Crippen LogP contribution is 2.40. The molecular weight excluding hydrogens is 662 g/mol. The minimum absolute atomic E-state index is 0.0107. The average molecular weight is 726 g/mol. The Kier molecular flexibility index (Phi) is 13.6. The van der Waals surface area contributed by atoms with Gasteiger partial charge in [0, 0.05) is 52.2 Å². The predicted octanol–water partition coefficient (Wildman–Crippen LogP) is 2.88. The van der Waals surface area contributed by atoms with Crippen LogP contribution in [-0.4, -0.2) is 145 Å². The van der Waals surface area contributed by atoms with Crippen LogP contribution in [0.5, 0.6) is 0 Å². The van der Waals surface area contributed by atoms with Crippen molar-refractivity contribution in [2.24, 2.45) is 22.7 Å². The smallest absolute Gasteiger partial charge is 0.311 e. The molecule has 1 amide bonds. The lowest BCUT2D eigenvalue weighted by molar-refractivity contribution is -0.313. The summed E-state index contributed by atoms with van der Waals surface area (Å²) in [6.07, 6.45) is -1.89. The van der Waals surface area contributed by atoms with E-state index < -0.39 is 72.1 Å². The molecule has 0 aromatic rings. The summed E-state index contributed by atoms with van der Waals surface area (Å²) in [6.45, 7) is 17.0. The number of fused-ring (bicyclic) bond motifs is 1. The van der Waals surface area contributed by atoms with Crippen molar-refractivity contribution in [1.29, 1.82) is 0 Å². The molecule has 0 aliphatic carbocycles. The SMILES string of the molecule is CO[C@]1(C)C[C@H](O[C@H]2[C@H](C)[C@@H](O[C@@H]3O[C@H](C)C[C@H]4[C@H]3O/C(=N\C(C)C)N4C)[C@](C)(O)C[C@@H](C)CN(C)C(=O)/C=C/COC(=O)[C@@H]2C)O[C@@H](C)[C@@H]1O. The maximum Gasteiger partial charge on any atom is 0.311 e. The summed E-state index contributed by atoms with van der Waals surface area (Å²) in [5.74, 6) is -2.48. The molecule has 14 atom stereocenters. The molecule has 0 bridgehead atoms. The van der Waals surface area contributed by atoms with Gasteiger partial charge >= 0.3 is 5.97 Å². The normalized spacial score (nSPS) is 44.8. The summed E-state index contributed by atoms with van der Waals surface area (Å²) in [7, 11) is 5.18. The molecule has 0 saturated carbocycles. The van der Waals surface area contributed by atoms with E-state index >= 15 is 0 Å². The molecule has 0 spiro atoms. The molecule has 14 nitrogen and oxygen atoms in total. The Labute approximate surface area is 303 Å². The van der Waals surface area contributed by atoms with Gasteiger partial charge in [0.2, 0.25) is 5.91 Å². The molecule has 4 rings (SSSR count). The first-order valence-electron chi connectivity index (χ1n) is 18.4. The van der Waals surface area contributed by atoms with E-state index in [1.807, 2.05) is 46.6 Å². The molecule has 0 aromatic carbocycles. The third-order valence-corrected chi connectivity index (χ3v) is 10.8. The van der Waals surface area contributed by atoms with Gasteiger partial charge in [-0.2, -0.15) is 0 Å². The van der Waals surface area contributed by atoms with Gasteiger partial charge in [-0.05, 0) is 73.3 Å². The maximum absolute atomic E-state index is 13.7. The minimum Gasteiger partial charge on any atom is -0.461 e. The quantitative estimate of drug-likeness (QED) is 0.387. The monoisotopic (exact) mass is 725 g/mol. The second kappa shape index (κ2) is 16.8. The number of nitrogens with zero attached hydrogens (tertiary/aromatic N) is 3. The van der Waals surface area contributed by atoms with E-state index in [0.717, 1.165) is 0 Å². The summed E-state index contributed by atoms with van der Waals surface area (Å²) in [6, 6.07) is 0.435. The van der Waals surface area contributed by atoms with Crippen LogP contribution >= 0.6 is 0 Å². The van der Waals surface area contributed by atoms with Crippen LogP contribution in [0.1, 0.15) is 81.6 Å². The van der Waals surface area contributed by atoms with Gasteiger partial charge in [0.05, 0.1) is 47.6 Å². The Balaban J connectivity index is 1.76. The first kappa shape index (κ1) is 41.4. The second-order valence-electron chi connectivity index (χ2n) is 16.0. The fourth-order valence-corrected chi connectivity index (χ4v) is 8.06. The Bertz CT molecular complexity index is 1260. The van der Waals surface area contributed by atoms with E-state index in [1.165, 1.54) is 19.3 Å². The highest BCUT2D eigenvalue weighted by atomic mass is 16.7. The summed E-state index contributed by atoms with van der Waals surface area (Å²) >= 11 is 0. The third-order valence-electron chi connectivity index (χ3n) is 10.8. The lowest BCUT2D eigenvalue weighted by Crippen LogP contribution is -2.59. The van der Waals surface area contributed by atoms with Crippen molar-refractivity contribution in [2.75, 3.05) is 34.4 Å². The molecule has 0 unspecified atom stereocenters. The molecule has 51 heavy (non-hydrogen) atoms. The summed E-state index contributed by atoms with van der Waals surface area (Å²) in [4.78, 5) is 34.8. The number of aliphatic hydroxyl groups is 2. The molecule has 3 saturated heterocycles. The molecule has 0 radical (unpaired) electrons. The van der Waals surface area contributed by atoms with Crippen molar-refractivity contribution in [3.63, 3.8) is 0 Å². The number of ether oxygens (including phenoxy) is 7. The number of esters is 1. The summed E-state index contributed by atoms with van der Waals surface area (Å²) < 4.78 is 43.9. The first-order chi connectivity index (χ1) is 23.8. The van der Waals surface area contributed by atoms with Gasteiger partial charge in [0.1, 0.15) is 12.7 Å². The molecule has 2 N–H and O–H groups in total. The van der Waals surface area contributed by atoms with Crippen LogP contribution in [0.3, 0.4) is 0 Å². The summed E-state index contributed by atoms with van der Waals surface area (Å²) in [5, 5.41) is 23.4. The van der Waals surface area contributed by atoms with Crippen LogP contribution in [0.15, 0.2) is 17.1 Å². The highest BCUT2D eigenvalue weighted by molar-refractivity contribution is 5.87. The molecule has 292 valence electrons. The van der Waals surface area contributed by atoms with E-state index in [0.29, 0.717) is 19.0 Å². The van der Waals surface area contributed by atoms with Gasteiger partial charge in [0.15, 0.2) is 18.7 Å². The van der Waals surface area contributed by atoms with Crippen LogP contribution in [0.4, 0.5) is 0 Å². The number of methoxy groups -OCH3 is 1. The number of carbonyl (C=O) groups excluding carboxylic acids is 2. The van der Waals surface area contributed by atoms with Crippen LogP contribution in [0.25, 0.3) is 0 Å². The van der Waals surface area contributed by atoms with E-state index in [-0.39, 0.29) is 49.5 Å². The van der Waals surface area contributed by atoms with Crippen molar-refractivity contribution in [1.82, 2.24) is 9.80 Å². The third kappa shape index (κ3) is 9.62. The zero-order chi connectivity index (χ0) is 38.0. The number of hydrogen-bond donors (Lipinski definition) is 2. The van der Waals surface area contributed by atoms with Crippen molar-refractivity contribution >= 4 is 17.9 Å². The molecule has 4 heterocycles. The molecule has 4 aliphatic rings. The van der Waals surface area contributed by atoms with E-state index in [1.54, 1.807) is 39.6 Å². The summed E-state index contributed by atoms with van der Waals surface area (Å²) in [5.41, 5.74) is -2.49. The molecule has 14 heteroatoms. The Morgan fingerprint density at radius 3 is 2.37 bits per heavy atom. The number of hydrogen-bond acceptors (Lipinski definition) is 12. The van der Waals surface area contributed by atoms with Crippen molar-refractivity contribution < 1.29 is 53.0 Å². The lowest BCUT2D eigenvalue weighted by atomic mass is 9.77. The number of likely N-dealkylation sites (N-methyl/N-ethyl adjacent to an activating group) is 2. The number of aliphatic imine (C=N–C) groups is 1. The number of amides is 1. The fourth-order valence-electron chi connectivity index (χ4n) is 8.06. The van der Waals surface area contributed by atoms with Crippen LogP contribution in [0, 0.1) is 17.8 Å². The van der Waals surface area contributed by atoms with Crippen LogP contribution in [-0.2, 0) is 42.7 Å². The highest BCUT2D eigenvalue weighted by Gasteiger charge is 2.54. The minimum atomic E-state index is -1.51. The second-order valence-corrected chi connectivity index (χ2v) is 16.0. The largest absolute Gasteiger partial charge is 0.461 e. The molecule has 0 aromatic heterocycles. The number of amidine groups is 1. The van der Waals surface area contributed by atoms with Gasteiger partial charge in [-0.1, -0.05) is 13.8 Å². The van der Waals surface area contributed by atoms with Crippen molar-refractivity contribution in [2.45, 2.75) is 154 Å². The molecular formula is C37H63N3O11. The lowest BCUT2D eigenvalue weighted by Gasteiger charge is -2.48. The molecule has 4 aliphatic heterocycles. The number of cyclic esters (lactones) is 1. The zero-order valence-corrected chi connectivity index (χ0v) is 32.6. The van der Waals surface area contributed by atoms with Crippen LogP contribution in [0.2, 0.25) is 0 Å². The van der Waals surface area contributed by atoms with Gasteiger partial charge < -0.3 is 53.2 Å². The van der Waals surface area contributed by atoms with Crippen molar-refractivity contribution in [3.05, 3.63) is 12.2 Å². The van der Waals surface area contributed by atoms with Gasteiger partial charge in [-0.3, -0.25) is 9.59 Å². The topological polar surface area (TPSA) is 158 Å². The average Bonchev–Trinajstić information content (AvgIpc) is 3.35. The fraction of sp³-hybridized carbons (Fsp3) is 0.865. The molecule has 3 fully saturated rings.